The van der Waals surface area contributed by atoms with E-state index in [-0.39, 0.29) is 0 Å². The molecule has 0 unspecified atom stereocenters. The van der Waals surface area contributed by atoms with E-state index in [2.05, 4.69) is 87.2 Å². The summed E-state index contributed by atoms with van der Waals surface area (Å²) in [6.07, 6.45) is 12.0. The second-order valence-corrected chi connectivity index (χ2v) is 5.25. The van der Waals surface area contributed by atoms with Crippen molar-refractivity contribution in [1.82, 2.24) is 0 Å². The van der Waals surface area contributed by atoms with Gasteiger partial charge in [0.2, 0.25) is 0 Å². The van der Waals surface area contributed by atoms with Gasteiger partial charge in [-0.25, -0.2) is 0 Å². The van der Waals surface area contributed by atoms with Crippen molar-refractivity contribution in [3.63, 3.8) is 0 Å². The largest absolute Gasteiger partial charge is 0.315 e. The predicted molar refractivity (Wildman–Crippen MR) is 88.7 cm³/mol. The minimum Gasteiger partial charge on any atom is -0.315 e. The van der Waals surface area contributed by atoms with Gasteiger partial charge in [-0.1, -0.05) is 47.6 Å². The van der Waals surface area contributed by atoms with Crippen LogP contribution in [0.1, 0.15) is 32.8 Å². The summed E-state index contributed by atoms with van der Waals surface area (Å²) in [7, 11) is 0. The zero-order chi connectivity index (χ0) is 14.5. The fraction of sp³-hybridized carbons (Fsp3) is 0.263. The van der Waals surface area contributed by atoms with Crippen molar-refractivity contribution in [2.75, 3.05) is 4.90 Å². The smallest absolute Gasteiger partial charge is 0.0458 e. The molecular weight excluding hydrogens is 242 g/mol. The van der Waals surface area contributed by atoms with Crippen LogP contribution in [0.5, 0.6) is 0 Å². The Bertz CT molecular complexity index is 583. The van der Waals surface area contributed by atoms with Crippen LogP contribution in [0.25, 0.3) is 0 Å². The molecule has 0 heterocycles. The van der Waals surface area contributed by atoms with Crippen molar-refractivity contribution in [1.29, 1.82) is 0 Å². The number of allylic oxidation sites excluding steroid dienone is 7. The Kier molecular flexibility index (Phi) is 4.62. The van der Waals surface area contributed by atoms with Crippen LogP contribution in [-0.4, -0.2) is 0 Å². The third-order valence-electron chi connectivity index (χ3n) is 3.60. The van der Waals surface area contributed by atoms with Gasteiger partial charge in [0, 0.05) is 17.1 Å². The number of hydrogen-bond acceptors (Lipinski definition) is 1. The van der Waals surface area contributed by atoms with E-state index in [9.17, 15) is 0 Å². The summed E-state index contributed by atoms with van der Waals surface area (Å²) >= 11 is 0. The molecule has 0 N–H and O–H groups in total. The van der Waals surface area contributed by atoms with Gasteiger partial charge in [0.25, 0.3) is 0 Å². The lowest BCUT2D eigenvalue weighted by Crippen LogP contribution is -2.19. The fourth-order valence-electron chi connectivity index (χ4n) is 2.26. The van der Waals surface area contributed by atoms with E-state index in [1.165, 1.54) is 28.2 Å². The minimum atomic E-state index is 0.980. The van der Waals surface area contributed by atoms with E-state index in [4.69, 9.17) is 0 Å². The normalized spacial score (nSPS) is 15.5. The van der Waals surface area contributed by atoms with Crippen molar-refractivity contribution in [2.24, 2.45) is 0 Å². The first-order valence-corrected chi connectivity index (χ1v) is 7.16. The standard InChI is InChI=1S/C19H23N/c1-5-17(4)20(19-13-10-16(3)11-14-19)18-8-6-7-15(2)9-12-18/h5,7-14H,6H2,1-4H3/b17-5+. The zero-order valence-corrected chi connectivity index (χ0v) is 12.9. The van der Waals surface area contributed by atoms with Crippen LogP contribution < -0.4 is 4.90 Å². The van der Waals surface area contributed by atoms with Gasteiger partial charge in [-0.3, -0.25) is 0 Å². The molecule has 20 heavy (non-hydrogen) atoms. The summed E-state index contributed by atoms with van der Waals surface area (Å²) in [6, 6.07) is 8.69. The molecule has 1 aromatic carbocycles. The van der Waals surface area contributed by atoms with Gasteiger partial charge in [0.05, 0.1) is 0 Å². The molecule has 104 valence electrons. The van der Waals surface area contributed by atoms with Crippen LogP contribution in [-0.2, 0) is 0 Å². The second-order valence-electron chi connectivity index (χ2n) is 5.25. The minimum absolute atomic E-state index is 0.980. The molecule has 2 rings (SSSR count). The van der Waals surface area contributed by atoms with Crippen LogP contribution >= 0.6 is 0 Å². The molecule has 0 atom stereocenters. The molecule has 0 saturated carbocycles. The van der Waals surface area contributed by atoms with Gasteiger partial charge < -0.3 is 4.90 Å². The molecule has 1 heteroatoms. The Morgan fingerprint density at radius 2 is 1.75 bits per heavy atom. The molecule has 0 radical (unpaired) electrons. The lowest BCUT2D eigenvalue weighted by Gasteiger charge is -2.27. The van der Waals surface area contributed by atoms with E-state index in [0.717, 1.165) is 6.42 Å². The molecular formula is C19H23N. The number of hydrogen-bond donors (Lipinski definition) is 0. The highest BCUT2D eigenvalue weighted by atomic mass is 15.1. The van der Waals surface area contributed by atoms with Crippen molar-refractivity contribution in [2.45, 2.75) is 34.1 Å². The van der Waals surface area contributed by atoms with Crippen molar-refractivity contribution < 1.29 is 0 Å². The van der Waals surface area contributed by atoms with Crippen LogP contribution in [0.2, 0.25) is 0 Å². The summed E-state index contributed by atoms with van der Waals surface area (Å²) in [5.41, 5.74) is 6.29. The van der Waals surface area contributed by atoms with Crippen molar-refractivity contribution in [3.05, 3.63) is 77.2 Å². The maximum atomic E-state index is 2.31. The van der Waals surface area contributed by atoms with E-state index >= 15 is 0 Å². The van der Waals surface area contributed by atoms with Gasteiger partial charge in [-0.15, -0.1) is 0 Å². The summed E-state index contributed by atoms with van der Waals surface area (Å²) in [5, 5.41) is 0. The van der Waals surface area contributed by atoms with E-state index < -0.39 is 0 Å². The molecule has 1 aliphatic carbocycles. The average molecular weight is 265 g/mol. The van der Waals surface area contributed by atoms with E-state index in [1.54, 1.807) is 0 Å². The molecule has 1 aliphatic rings. The summed E-state index contributed by atoms with van der Waals surface area (Å²) in [4.78, 5) is 2.31. The predicted octanol–water partition coefficient (Wildman–Crippen LogP) is 5.52. The SMILES string of the molecule is C/C=C(\C)N(C1=CCC=C(C)C=C1)c1ccc(C)cc1. The van der Waals surface area contributed by atoms with Gasteiger partial charge in [-0.05, 0) is 52.3 Å². The van der Waals surface area contributed by atoms with Crippen LogP contribution in [0, 0.1) is 6.92 Å². The maximum absolute atomic E-state index is 2.31. The molecule has 0 aromatic heterocycles. The molecule has 0 amide bonds. The van der Waals surface area contributed by atoms with E-state index in [1.807, 2.05) is 0 Å². The summed E-state index contributed by atoms with van der Waals surface area (Å²) < 4.78 is 0. The first kappa shape index (κ1) is 14.4. The number of anilines is 1. The van der Waals surface area contributed by atoms with Crippen LogP contribution in [0.3, 0.4) is 0 Å². The third-order valence-corrected chi connectivity index (χ3v) is 3.60. The second kappa shape index (κ2) is 6.42. The van der Waals surface area contributed by atoms with Gasteiger partial charge in [-0.2, -0.15) is 0 Å². The highest BCUT2D eigenvalue weighted by molar-refractivity contribution is 5.61. The Balaban J connectivity index is 2.41. The van der Waals surface area contributed by atoms with Crippen LogP contribution in [0.15, 0.2) is 71.6 Å². The Hall–Kier alpha value is -2.02. The highest BCUT2D eigenvalue weighted by Crippen LogP contribution is 2.27. The van der Waals surface area contributed by atoms with Crippen molar-refractivity contribution in [3.8, 4) is 0 Å². The molecule has 1 nitrogen and oxygen atoms in total. The molecule has 0 aliphatic heterocycles. The Labute approximate surface area is 122 Å². The maximum Gasteiger partial charge on any atom is 0.0458 e. The summed E-state index contributed by atoms with van der Waals surface area (Å²) in [5.74, 6) is 0. The number of aryl methyl sites for hydroxylation is 1. The molecule has 0 fully saturated rings. The Morgan fingerprint density at radius 1 is 1.05 bits per heavy atom. The lowest BCUT2D eigenvalue weighted by atomic mass is 10.1. The Morgan fingerprint density at radius 3 is 2.40 bits per heavy atom. The van der Waals surface area contributed by atoms with E-state index in [0.29, 0.717) is 0 Å². The summed E-state index contributed by atoms with van der Waals surface area (Å²) in [6.45, 7) is 8.50. The molecule has 0 saturated heterocycles. The fourth-order valence-corrected chi connectivity index (χ4v) is 2.26. The number of rotatable bonds is 3. The van der Waals surface area contributed by atoms with Crippen LogP contribution in [0.4, 0.5) is 5.69 Å². The van der Waals surface area contributed by atoms with Crippen molar-refractivity contribution >= 4 is 5.69 Å². The highest BCUT2D eigenvalue weighted by Gasteiger charge is 2.12. The number of benzene rings is 1. The molecule has 0 spiro atoms. The number of nitrogens with zero attached hydrogens (tertiary/aromatic N) is 1. The lowest BCUT2D eigenvalue weighted by molar-refractivity contribution is 1.08. The third kappa shape index (κ3) is 3.30. The average Bonchev–Trinajstić information content (AvgIpc) is 2.66. The first-order chi connectivity index (χ1) is 9.61. The monoisotopic (exact) mass is 265 g/mol. The van der Waals surface area contributed by atoms with Gasteiger partial charge in [0.1, 0.15) is 0 Å². The topological polar surface area (TPSA) is 3.24 Å². The first-order valence-electron chi connectivity index (χ1n) is 7.16. The quantitative estimate of drug-likeness (QED) is 0.696. The van der Waals surface area contributed by atoms with Gasteiger partial charge in [0.15, 0.2) is 0 Å². The molecule has 0 bridgehead atoms. The molecule has 1 aromatic rings. The van der Waals surface area contributed by atoms with Gasteiger partial charge >= 0.3 is 0 Å². The zero-order valence-electron chi connectivity index (χ0n) is 12.9.